The van der Waals surface area contributed by atoms with Gasteiger partial charge in [-0.3, -0.25) is 0 Å². The van der Waals surface area contributed by atoms with E-state index >= 15 is 0 Å². The van der Waals surface area contributed by atoms with Crippen molar-refractivity contribution in [2.45, 2.75) is 11.8 Å². The lowest BCUT2D eigenvalue weighted by atomic mass is 10.2. The molecule has 0 aliphatic heterocycles. The predicted octanol–water partition coefficient (Wildman–Crippen LogP) is 1.74. The lowest BCUT2D eigenvalue weighted by Crippen LogP contribution is -2.01. The van der Waals surface area contributed by atoms with Crippen LogP contribution in [0.15, 0.2) is 41.5 Å². The quantitative estimate of drug-likeness (QED) is 0.444. The molecule has 0 saturated heterocycles. The van der Waals surface area contributed by atoms with Crippen molar-refractivity contribution in [1.29, 1.82) is 5.26 Å². The molecule has 0 aliphatic carbocycles. The maximum Gasteiger partial charge on any atom is 0.338 e. The monoisotopic (exact) mass is 223 g/mol. The lowest BCUT2D eigenvalue weighted by molar-refractivity contribution is 0.443. The van der Waals surface area contributed by atoms with Gasteiger partial charge in [-0.2, -0.15) is 13.7 Å². The maximum absolute atomic E-state index is 11.4. The van der Waals surface area contributed by atoms with E-state index in [1.54, 1.807) is 18.2 Å². The van der Waals surface area contributed by atoms with Crippen molar-refractivity contribution >= 4 is 10.1 Å². The first-order chi connectivity index (χ1) is 7.06. The van der Waals surface area contributed by atoms with Crippen molar-refractivity contribution in [2.75, 3.05) is 0 Å². The summed E-state index contributed by atoms with van der Waals surface area (Å²) in [4.78, 5) is 0.0655. The van der Waals surface area contributed by atoms with Crippen LogP contribution in [-0.4, -0.2) is 8.42 Å². The Morgan fingerprint density at radius 1 is 1.33 bits per heavy atom. The average molecular weight is 223 g/mol. The fourth-order valence-electron chi connectivity index (χ4n) is 0.892. The number of nitriles is 1. The Morgan fingerprint density at radius 3 is 2.47 bits per heavy atom. The molecule has 1 rings (SSSR count). The van der Waals surface area contributed by atoms with Gasteiger partial charge < -0.3 is 4.18 Å². The van der Waals surface area contributed by atoms with Gasteiger partial charge in [0.15, 0.2) is 0 Å². The van der Waals surface area contributed by atoms with Gasteiger partial charge >= 0.3 is 10.1 Å². The molecule has 15 heavy (non-hydrogen) atoms. The van der Waals surface area contributed by atoms with Gasteiger partial charge in [0.05, 0.1) is 12.1 Å². The summed E-state index contributed by atoms with van der Waals surface area (Å²) >= 11 is 0. The van der Waals surface area contributed by atoms with Crippen LogP contribution in [0.2, 0.25) is 0 Å². The molecule has 0 saturated carbocycles. The summed E-state index contributed by atoms with van der Waals surface area (Å²) in [5, 5.41) is 8.16. The van der Waals surface area contributed by atoms with Crippen molar-refractivity contribution in [2.24, 2.45) is 0 Å². The fourth-order valence-corrected chi connectivity index (χ4v) is 1.67. The Labute approximate surface area is 88.5 Å². The largest absolute Gasteiger partial charge is 0.386 e. The summed E-state index contributed by atoms with van der Waals surface area (Å²) < 4.78 is 27.3. The standard InChI is InChI=1S/C10H9NO3S/c1-9-3-5-10(6-4-9)15(12,13)14-8-2-7-11/h2-6,8H,1H3/b8-2-. The van der Waals surface area contributed by atoms with Crippen LogP contribution in [0.4, 0.5) is 0 Å². The first-order valence-electron chi connectivity index (χ1n) is 4.11. The van der Waals surface area contributed by atoms with Crippen LogP contribution in [0.25, 0.3) is 0 Å². The van der Waals surface area contributed by atoms with E-state index in [0.717, 1.165) is 17.9 Å². The van der Waals surface area contributed by atoms with Gasteiger partial charge in [0, 0.05) is 0 Å². The zero-order valence-corrected chi connectivity index (χ0v) is 8.86. The van der Waals surface area contributed by atoms with E-state index in [0.29, 0.717) is 0 Å². The third-order valence-corrected chi connectivity index (χ3v) is 2.85. The highest BCUT2D eigenvalue weighted by Gasteiger charge is 2.12. The molecular formula is C10H9NO3S. The van der Waals surface area contributed by atoms with E-state index in [9.17, 15) is 8.42 Å². The Morgan fingerprint density at radius 2 is 1.93 bits per heavy atom. The summed E-state index contributed by atoms with van der Waals surface area (Å²) in [6.07, 6.45) is 1.79. The Balaban J connectivity index is 2.93. The zero-order chi connectivity index (χ0) is 11.3. The molecule has 0 aliphatic rings. The van der Waals surface area contributed by atoms with Gasteiger partial charge in [0.2, 0.25) is 0 Å². The van der Waals surface area contributed by atoms with Crippen LogP contribution in [-0.2, 0) is 14.3 Å². The molecule has 0 N–H and O–H groups in total. The van der Waals surface area contributed by atoms with Gasteiger partial charge in [-0.25, -0.2) is 0 Å². The normalized spacial score (nSPS) is 11.2. The van der Waals surface area contributed by atoms with Crippen molar-refractivity contribution in [1.82, 2.24) is 0 Å². The average Bonchev–Trinajstić information content (AvgIpc) is 2.18. The minimum Gasteiger partial charge on any atom is -0.386 e. The number of allylic oxidation sites excluding steroid dienone is 1. The summed E-state index contributed by atoms with van der Waals surface area (Å²) in [6, 6.07) is 7.87. The highest BCUT2D eigenvalue weighted by Crippen LogP contribution is 2.13. The van der Waals surface area contributed by atoms with Gasteiger partial charge in [-0.05, 0) is 19.1 Å². The van der Waals surface area contributed by atoms with Gasteiger partial charge in [-0.1, -0.05) is 17.7 Å². The molecule has 0 fully saturated rings. The van der Waals surface area contributed by atoms with Gasteiger partial charge in [0.1, 0.15) is 11.2 Å². The van der Waals surface area contributed by atoms with Crippen molar-refractivity contribution in [3.8, 4) is 6.07 Å². The summed E-state index contributed by atoms with van der Waals surface area (Å²) in [5.74, 6) is 0. The summed E-state index contributed by atoms with van der Waals surface area (Å²) in [7, 11) is -3.79. The van der Waals surface area contributed by atoms with E-state index in [2.05, 4.69) is 4.18 Å². The Kier molecular flexibility index (Phi) is 3.47. The fraction of sp³-hybridized carbons (Fsp3) is 0.100. The summed E-state index contributed by atoms with van der Waals surface area (Å²) in [6.45, 7) is 1.85. The molecule has 0 heterocycles. The number of hydrogen-bond acceptors (Lipinski definition) is 4. The van der Waals surface area contributed by atoms with Crippen LogP contribution < -0.4 is 0 Å². The molecule has 78 valence electrons. The first kappa shape index (κ1) is 11.3. The molecule has 0 aromatic heterocycles. The van der Waals surface area contributed by atoms with Crippen molar-refractivity contribution in [3.05, 3.63) is 42.2 Å². The first-order valence-corrected chi connectivity index (χ1v) is 5.52. The minimum absolute atomic E-state index is 0.0655. The van der Waals surface area contributed by atoms with Crippen LogP contribution in [0.1, 0.15) is 5.56 Å². The molecule has 0 atom stereocenters. The predicted molar refractivity (Wildman–Crippen MR) is 54.2 cm³/mol. The SMILES string of the molecule is Cc1ccc(S(=O)(=O)O/C=C\C#N)cc1. The van der Waals surface area contributed by atoms with E-state index in [1.165, 1.54) is 12.1 Å². The van der Waals surface area contributed by atoms with Crippen molar-refractivity contribution in [3.63, 3.8) is 0 Å². The molecule has 4 nitrogen and oxygen atoms in total. The molecule has 5 heteroatoms. The van der Waals surface area contributed by atoms with E-state index < -0.39 is 10.1 Å². The maximum atomic E-state index is 11.4. The number of nitrogens with zero attached hydrogens (tertiary/aromatic N) is 1. The number of hydrogen-bond donors (Lipinski definition) is 0. The van der Waals surface area contributed by atoms with Crippen LogP contribution in [0.3, 0.4) is 0 Å². The van der Waals surface area contributed by atoms with Crippen LogP contribution in [0.5, 0.6) is 0 Å². The van der Waals surface area contributed by atoms with Crippen LogP contribution >= 0.6 is 0 Å². The smallest absolute Gasteiger partial charge is 0.338 e. The van der Waals surface area contributed by atoms with E-state index in [-0.39, 0.29) is 4.90 Å². The molecular weight excluding hydrogens is 214 g/mol. The summed E-state index contributed by atoms with van der Waals surface area (Å²) in [5.41, 5.74) is 0.960. The molecule has 1 aromatic rings. The third kappa shape index (κ3) is 3.11. The molecule has 0 unspecified atom stereocenters. The second-order valence-electron chi connectivity index (χ2n) is 2.80. The number of rotatable bonds is 3. The number of aryl methyl sites for hydroxylation is 1. The zero-order valence-electron chi connectivity index (χ0n) is 8.04. The molecule has 0 bridgehead atoms. The molecule has 0 amide bonds. The highest BCUT2D eigenvalue weighted by molar-refractivity contribution is 7.86. The Bertz CT molecular complexity index is 494. The molecule has 0 radical (unpaired) electrons. The van der Waals surface area contributed by atoms with Crippen molar-refractivity contribution < 1.29 is 12.6 Å². The molecule has 1 aromatic carbocycles. The van der Waals surface area contributed by atoms with Crippen LogP contribution in [0, 0.1) is 18.3 Å². The second kappa shape index (κ2) is 4.62. The third-order valence-electron chi connectivity index (χ3n) is 1.63. The minimum atomic E-state index is -3.79. The lowest BCUT2D eigenvalue weighted by Gasteiger charge is -2.02. The highest BCUT2D eigenvalue weighted by atomic mass is 32.2. The van der Waals surface area contributed by atoms with Gasteiger partial charge in [0.25, 0.3) is 0 Å². The van der Waals surface area contributed by atoms with E-state index in [4.69, 9.17) is 5.26 Å². The molecule has 0 spiro atoms. The topological polar surface area (TPSA) is 67.2 Å². The number of benzene rings is 1. The second-order valence-corrected chi connectivity index (χ2v) is 4.37. The van der Waals surface area contributed by atoms with Gasteiger partial charge in [-0.15, -0.1) is 0 Å². The van der Waals surface area contributed by atoms with E-state index in [1.807, 2.05) is 6.92 Å². The Hall–Kier alpha value is -1.80.